The van der Waals surface area contributed by atoms with Crippen LogP contribution < -0.4 is 14.2 Å². The highest BCUT2D eigenvalue weighted by atomic mass is 16.6. The van der Waals surface area contributed by atoms with Gasteiger partial charge >= 0.3 is 11.9 Å². The van der Waals surface area contributed by atoms with E-state index in [4.69, 9.17) is 14.2 Å². The monoisotopic (exact) mass is 504 g/mol. The third-order valence-electron chi connectivity index (χ3n) is 7.53. The molecule has 0 aliphatic heterocycles. The molecule has 5 heteroatoms. The maximum Gasteiger partial charge on any atom is 0.317 e. The first kappa shape index (κ1) is 32.0. The lowest BCUT2D eigenvalue weighted by Gasteiger charge is -2.43. The van der Waals surface area contributed by atoms with E-state index in [1.807, 2.05) is 13.8 Å². The maximum absolute atomic E-state index is 13.5. The van der Waals surface area contributed by atoms with Crippen molar-refractivity contribution in [1.82, 2.24) is 0 Å². The van der Waals surface area contributed by atoms with Crippen LogP contribution in [0.4, 0.5) is 0 Å². The van der Waals surface area contributed by atoms with Crippen LogP contribution in [0.1, 0.15) is 110 Å². The minimum atomic E-state index is -0.719. The summed E-state index contributed by atoms with van der Waals surface area (Å²) >= 11 is 0. The van der Waals surface area contributed by atoms with Gasteiger partial charge in [0.1, 0.15) is 5.75 Å². The number of ether oxygens (including phenoxy) is 3. The summed E-state index contributed by atoms with van der Waals surface area (Å²) in [6.45, 7) is 29.0. The molecule has 0 aliphatic rings. The number of carbonyl (C=O) groups is 2. The fourth-order valence-electron chi connectivity index (χ4n) is 4.64. The predicted molar refractivity (Wildman–Crippen MR) is 148 cm³/mol. The van der Waals surface area contributed by atoms with Crippen molar-refractivity contribution in [3.63, 3.8) is 0 Å². The maximum atomic E-state index is 13.5. The second kappa shape index (κ2) is 10.4. The van der Waals surface area contributed by atoms with Gasteiger partial charge in [0.15, 0.2) is 11.5 Å². The minimum Gasteiger partial charge on any atom is -0.493 e. The Morgan fingerprint density at radius 2 is 1.00 bits per heavy atom. The predicted octanol–water partition coefficient (Wildman–Crippen LogP) is 8.48. The minimum absolute atomic E-state index is 0.0520. The largest absolute Gasteiger partial charge is 0.493 e. The van der Waals surface area contributed by atoms with E-state index >= 15 is 0 Å². The van der Waals surface area contributed by atoms with E-state index in [-0.39, 0.29) is 33.6 Å². The van der Waals surface area contributed by atoms with E-state index in [9.17, 15) is 9.59 Å². The molecule has 0 bridgehead atoms. The first-order valence-corrected chi connectivity index (χ1v) is 13.0. The molecule has 0 aromatic heterocycles. The van der Waals surface area contributed by atoms with Crippen LogP contribution in [0.15, 0.2) is 18.2 Å². The lowest BCUT2D eigenvalue weighted by Crippen LogP contribution is -2.45. The highest BCUT2D eigenvalue weighted by Crippen LogP contribution is 2.49. The van der Waals surface area contributed by atoms with Gasteiger partial charge in [-0.1, -0.05) is 83.1 Å². The van der Waals surface area contributed by atoms with Crippen molar-refractivity contribution in [2.24, 2.45) is 32.5 Å². The van der Waals surface area contributed by atoms with Crippen molar-refractivity contribution in [3.05, 3.63) is 18.2 Å². The average Bonchev–Trinajstić information content (AvgIpc) is 2.64. The molecule has 0 heterocycles. The van der Waals surface area contributed by atoms with Gasteiger partial charge in [-0.15, -0.1) is 0 Å². The zero-order chi connectivity index (χ0) is 28.5. The van der Waals surface area contributed by atoms with Gasteiger partial charge in [-0.05, 0) is 60.5 Å². The van der Waals surface area contributed by atoms with Crippen LogP contribution in [0.5, 0.6) is 17.2 Å². The van der Waals surface area contributed by atoms with Crippen molar-refractivity contribution in [2.75, 3.05) is 7.11 Å². The molecule has 1 aromatic rings. The van der Waals surface area contributed by atoms with Gasteiger partial charge in [0.05, 0.1) is 17.9 Å². The molecule has 5 nitrogen and oxygen atoms in total. The molecular formula is C31H52O5. The third-order valence-corrected chi connectivity index (χ3v) is 7.53. The number of hydrogen-bond acceptors (Lipinski definition) is 5. The highest BCUT2D eigenvalue weighted by molar-refractivity contribution is 5.81. The van der Waals surface area contributed by atoms with Gasteiger partial charge in [0, 0.05) is 6.07 Å². The van der Waals surface area contributed by atoms with Crippen LogP contribution in [-0.4, -0.2) is 19.0 Å². The number of methoxy groups -OCH3 is 1. The zero-order valence-electron chi connectivity index (χ0n) is 25.7. The number of benzene rings is 1. The number of rotatable bonds is 7. The normalized spacial score (nSPS) is 16.5. The van der Waals surface area contributed by atoms with Crippen molar-refractivity contribution in [2.45, 2.75) is 110 Å². The molecule has 0 N–H and O–H groups in total. The van der Waals surface area contributed by atoms with Crippen molar-refractivity contribution in [3.8, 4) is 17.2 Å². The summed E-state index contributed by atoms with van der Waals surface area (Å²) in [5.41, 5.74) is -2.15. The highest BCUT2D eigenvalue weighted by Gasteiger charge is 2.49. The summed E-state index contributed by atoms with van der Waals surface area (Å²) in [6, 6.07) is 4.90. The van der Waals surface area contributed by atoms with Gasteiger partial charge in [-0.2, -0.15) is 0 Å². The van der Waals surface area contributed by atoms with Crippen LogP contribution in [0.25, 0.3) is 0 Å². The Hall–Kier alpha value is -2.04. The van der Waals surface area contributed by atoms with Crippen molar-refractivity contribution >= 4 is 11.9 Å². The van der Waals surface area contributed by atoms with Gasteiger partial charge < -0.3 is 14.2 Å². The summed E-state index contributed by atoms with van der Waals surface area (Å²) in [5, 5.41) is 0. The number of hydrogen-bond donors (Lipinski definition) is 0. The Morgan fingerprint density at radius 3 is 1.33 bits per heavy atom. The lowest BCUT2D eigenvalue weighted by atomic mass is 9.61. The van der Waals surface area contributed by atoms with Crippen LogP contribution in [0.3, 0.4) is 0 Å². The molecule has 2 unspecified atom stereocenters. The molecule has 2 atom stereocenters. The molecule has 0 spiro atoms. The zero-order valence-corrected chi connectivity index (χ0v) is 25.7. The number of esters is 2. The smallest absolute Gasteiger partial charge is 0.317 e. The van der Waals surface area contributed by atoms with E-state index in [1.54, 1.807) is 18.2 Å². The van der Waals surface area contributed by atoms with Crippen molar-refractivity contribution < 1.29 is 23.8 Å². The van der Waals surface area contributed by atoms with Gasteiger partial charge in [0.25, 0.3) is 0 Å². The second-order valence-electron chi connectivity index (χ2n) is 15.2. The van der Waals surface area contributed by atoms with E-state index in [0.717, 1.165) is 0 Å². The Morgan fingerprint density at radius 1 is 0.611 bits per heavy atom. The van der Waals surface area contributed by atoms with Crippen molar-refractivity contribution in [1.29, 1.82) is 0 Å². The molecule has 0 fully saturated rings. The summed E-state index contributed by atoms with van der Waals surface area (Å²) in [7, 11) is 1.51. The van der Waals surface area contributed by atoms with Gasteiger partial charge in [-0.3, -0.25) is 9.59 Å². The van der Waals surface area contributed by atoms with E-state index in [0.29, 0.717) is 30.1 Å². The van der Waals surface area contributed by atoms with Crippen LogP contribution >= 0.6 is 0 Å². The van der Waals surface area contributed by atoms with E-state index < -0.39 is 10.8 Å². The molecule has 0 saturated carbocycles. The van der Waals surface area contributed by atoms with Gasteiger partial charge in [-0.25, -0.2) is 0 Å². The molecule has 0 saturated heterocycles. The van der Waals surface area contributed by atoms with Gasteiger partial charge in [0.2, 0.25) is 0 Å². The molecule has 36 heavy (non-hydrogen) atoms. The fourth-order valence-corrected chi connectivity index (χ4v) is 4.64. The molecular weight excluding hydrogens is 452 g/mol. The third kappa shape index (κ3) is 7.73. The Labute approximate surface area is 220 Å². The molecule has 0 radical (unpaired) electrons. The summed E-state index contributed by atoms with van der Waals surface area (Å²) in [4.78, 5) is 26.9. The molecule has 1 aromatic carbocycles. The summed E-state index contributed by atoms with van der Waals surface area (Å²) in [5.74, 6) is 0.406. The Bertz CT molecular complexity index is 934. The van der Waals surface area contributed by atoms with Crippen LogP contribution in [-0.2, 0) is 9.59 Å². The number of carbonyl (C=O) groups excluding carboxylic acids is 2. The lowest BCUT2D eigenvalue weighted by molar-refractivity contribution is -0.155. The molecule has 0 amide bonds. The summed E-state index contributed by atoms with van der Waals surface area (Å²) < 4.78 is 17.3. The first-order chi connectivity index (χ1) is 15.9. The first-order valence-electron chi connectivity index (χ1n) is 13.0. The average molecular weight is 505 g/mol. The molecule has 206 valence electrons. The molecule has 0 aliphatic carbocycles. The second-order valence-corrected chi connectivity index (χ2v) is 15.2. The standard InChI is InChI=1S/C31H52O5/c1-26(2,3)19-30(13,28(7,8)9)24(32)35-21-16-17-22(23(18-21)34-15)36-25(33)31(14,29(10,11)12)20-27(4,5)6/h16-18H,19-20H2,1-15H3. The molecule has 1 rings (SSSR count). The Kier molecular flexibility index (Phi) is 9.22. The summed E-state index contributed by atoms with van der Waals surface area (Å²) in [6.07, 6.45) is 1.34. The van der Waals surface area contributed by atoms with E-state index in [2.05, 4.69) is 83.1 Å². The van der Waals surface area contributed by atoms with Crippen LogP contribution in [0.2, 0.25) is 0 Å². The SMILES string of the molecule is COc1cc(OC(=O)C(C)(CC(C)(C)C)C(C)(C)C)ccc1OC(=O)C(C)(CC(C)(C)C)C(C)(C)C. The van der Waals surface area contributed by atoms with E-state index in [1.165, 1.54) is 7.11 Å². The fraction of sp³-hybridized carbons (Fsp3) is 0.742. The Balaban J connectivity index is 3.30. The quantitative estimate of drug-likeness (QED) is 0.275. The topological polar surface area (TPSA) is 61.8 Å². The van der Waals surface area contributed by atoms with Crippen LogP contribution in [0, 0.1) is 32.5 Å².